The first-order valence-electron chi connectivity index (χ1n) is 10.7. The van der Waals surface area contributed by atoms with Crippen LogP contribution in [0.4, 0.5) is 16.2 Å². The van der Waals surface area contributed by atoms with Gasteiger partial charge < -0.3 is 20.3 Å². The Morgan fingerprint density at radius 1 is 1.00 bits per heavy atom. The van der Waals surface area contributed by atoms with Gasteiger partial charge in [-0.25, -0.2) is 4.79 Å². The summed E-state index contributed by atoms with van der Waals surface area (Å²) in [4.78, 5) is 39.5. The van der Waals surface area contributed by atoms with E-state index in [1.165, 1.54) is 15.5 Å². The van der Waals surface area contributed by atoms with Gasteiger partial charge in [-0.2, -0.15) is 0 Å². The highest BCUT2D eigenvalue weighted by Gasteiger charge is 2.40. The minimum atomic E-state index is -0.702. The second kappa shape index (κ2) is 10.1. The average Bonchev–Trinajstić information content (AvgIpc) is 3.30. The fourth-order valence-corrected chi connectivity index (χ4v) is 3.86. The minimum Gasteiger partial charge on any atom is -0.380 e. The van der Waals surface area contributed by atoms with Crippen molar-refractivity contribution >= 4 is 23.3 Å². The van der Waals surface area contributed by atoms with Crippen molar-refractivity contribution in [3.05, 3.63) is 88.8 Å². The molecule has 1 aromatic heterocycles. The Bertz CT molecular complexity index is 1280. The van der Waals surface area contributed by atoms with Crippen LogP contribution in [0.1, 0.15) is 12.0 Å². The highest BCUT2D eigenvalue weighted by Crippen LogP contribution is 2.23. The van der Waals surface area contributed by atoms with Crippen molar-refractivity contribution in [1.82, 2.24) is 9.47 Å². The number of amides is 3. The lowest BCUT2D eigenvalue weighted by molar-refractivity contribution is -0.119. The lowest BCUT2D eigenvalue weighted by Crippen LogP contribution is -2.45. The Labute approximate surface area is 197 Å². The Hall–Kier alpha value is -4.35. The molecule has 0 aliphatic carbocycles. The number of methoxy groups -OCH3 is 1. The molecule has 2 atom stereocenters. The number of ether oxygens (including phenoxy) is 1. The summed E-state index contributed by atoms with van der Waals surface area (Å²) in [5.74, 6) is 2.21. The lowest BCUT2D eigenvalue weighted by atomic mass is 10.1. The molecule has 1 fully saturated rings. The molecule has 2 heterocycles. The second-order valence-corrected chi connectivity index (χ2v) is 7.86. The number of urea groups is 1. The Balaban J connectivity index is 1.45. The molecule has 4 rings (SSSR count). The van der Waals surface area contributed by atoms with Crippen molar-refractivity contribution in [1.29, 1.82) is 0 Å². The standard InChI is InChI=1S/C26H24N4O4/c1-3-18-7-9-20(10-8-18)28-26(33)30-17-22(34-2)16-23(30)25(32)27-19-11-13-21(14-12-19)29-15-5-4-6-24(29)31/h1,4-15,22-23H,16-17H2,2H3,(H,27,32)(H,28,33). The van der Waals surface area contributed by atoms with E-state index in [4.69, 9.17) is 11.2 Å². The molecular weight excluding hydrogens is 432 g/mol. The number of carbonyl (C=O) groups is 2. The van der Waals surface area contributed by atoms with Crippen molar-refractivity contribution in [3.8, 4) is 18.0 Å². The average molecular weight is 457 g/mol. The van der Waals surface area contributed by atoms with Gasteiger partial charge in [-0.3, -0.25) is 14.2 Å². The van der Waals surface area contributed by atoms with Gasteiger partial charge in [0.2, 0.25) is 5.91 Å². The van der Waals surface area contributed by atoms with E-state index in [-0.39, 0.29) is 17.6 Å². The number of carbonyl (C=O) groups excluding carboxylic acids is 2. The largest absolute Gasteiger partial charge is 0.380 e. The van der Waals surface area contributed by atoms with Crippen LogP contribution in [0.15, 0.2) is 77.7 Å². The Morgan fingerprint density at radius 3 is 2.32 bits per heavy atom. The summed E-state index contributed by atoms with van der Waals surface area (Å²) in [6, 6.07) is 17.6. The SMILES string of the molecule is C#Cc1ccc(NC(=O)N2CC(OC)CC2C(=O)Nc2ccc(-n3ccccc3=O)cc2)cc1. The fourth-order valence-electron chi connectivity index (χ4n) is 3.86. The summed E-state index contributed by atoms with van der Waals surface area (Å²) < 4.78 is 6.93. The molecule has 3 amide bonds. The predicted molar refractivity (Wildman–Crippen MR) is 130 cm³/mol. The molecule has 34 heavy (non-hydrogen) atoms. The van der Waals surface area contributed by atoms with Crippen molar-refractivity contribution in [2.24, 2.45) is 0 Å². The molecule has 0 radical (unpaired) electrons. The maximum Gasteiger partial charge on any atom is 0.322 e. The number of anilines is 2. The van der Waals surface area contributed by atoms with Crippen LogP contribution in [0.3, 0.4) is 0 Å². The van der Waals surface area contributed by atoms with Gasteiger partial charge in [-0.15, -0.1) is 6.42 Å². The Kier molecular flexibility index (Phi) is 6.76. The fraction of sp³-hybridized carbons (Fsp3) is 0.192. The van der Waals surface area contributed by atoms with Crippen LogP contribution in [0.5, 0.6) is 0 Å². The lowest BCUT2D eigenvalue weighted by Gasteiger charge is -2.24. The molecule has 1 saturated heterocycles. The van der Waals surface area contributed by atoms with E-state index in [9.17, 15) is 14.4 Å². The summed E-state index contributed by atoms with van der Waals surface area (Å²) in [5, 5.41) is 5.67. The maximum absolute atomic E-state index is 13.1. The summed E-state index contributed by atoms with van der Waals surface area (Å²) in [6.07, 6.45) is 7.17. The summed E-state index contributed by atoms with van der Waals surface area (Å²) in [5.41, 5.74) is 2.38. The van der Waals surface area contributed by atoms with Gasteiger partial charge in [0.05, 0.1) is 6.10 Å². The van der Waals surface area contributed by atoms with E-state index >= 15 is 0 Å². The monoisotopic (exact) mass is 456 g/mol. The highest BCUT2D eigenvalue weighted by atomic mass is 16.5. The quantitative estimate of drug-likeness (QED) is 0.577. The number of hydrogen-bond acceptors (Lipinski definition) is 4. The van der Waals surface area contributed by atoms with Crippen molar-refractivity contribution < 1.29 is 14.3 Å². The molecule has 0 spiro atoms. The number of nitrogens with zero attached hydrogens (tertiary/aromatic N) is 2. The number of benzene rings is 2. The first-order chi connectivity index (χ1) is 16.5. The molecule has 3 aromatic rings. The van der Waals surface area contributed by atoms with Gasteiger partial charge >= 0.3 is 6.03 Å². The smallest absolute Gasteiger partial charge is 0.322 e. The van der Waals surface area contributed by atoms with Gasteiger partial charge in [0.1, 0.15) is 6.04 Å². The summed E-state index contributed by atoms with van der Waals surface area (Å²) in [6.45, 7) is 0.290. The van der Waals surface area contributed by atoms with Crippen LogP contribution in [-0.2, 0) is 9.53 Å². The Morgan fingerprint density at radius 2 is 1.68 bits per heavy atom. The van der Waals surface area contributed by atoms with Gasteiger partial charge in [0.25, 0.3) is 5.56 Å². The zero-order valence-corrected chi connectivity index (χ0v) is 18.6. The van der Waals surface area contributed by atoms with Crippen LogP contribution >= 0.6 is 0 Å². The van der Waals surface area contributed by atoms with E-state index in [1.54, 1.807) is 74.0 Å². The zero-order valence-electron chi connectivity index (χ0n) is 18.6. The van der Waals surface area contributed by atoms with Crippen LogP contribution in [0.2, 0.25) is 0 Å². The topological polar surface area (TPSA) is 92.7 Å². The number of pyridine rings is 1. The third-order valence-electron chi connectivity index (χ3n) is 5.70. The molecule has 2 N–H and O–H groups in total. The molecule has 8 nitrogen and oxygen atoms in total. The molecule has 172 valence electrons. The first-order valence-corrected chi connectivity index (χ1v) is 10.7. The molecule has 8 heteroatoms. The number of terminal acetylenes is 1. The third kappa shape index (κ3) is 5.00. The van der Waals surface area contributed by atoms with Gasteiger partial charge in [-0.05, 0) is 54.6 Å². The van der Waals surface area contributed by atoms with Crippen LogP contribution in [-0.4, -0.2) is 47.2 Å². The van der Waals surface area contributed by atoms with Crippen LogP contribution in [0.25, 0.3) is 5.69 Å². The van der Waals surface area contributed by atoms with Crippen molar-refractivity contribution in [2.75, 3.05) is 24.3 Å². The number of nitrogens with one attached hydrogen (secondary N) is 2. The van der Waals surface area contributed by atoms with E-state index in [0.717, 1.165) is 0 Å². The van der Waals surface area contributed by atoms with Gasteiger partial charge in [0, 0.05) is 55.0 Å². The first kappa shape index (κ1) is 22.8. The molecule has 1 aliphatic heterocycles. The third-order valence-corrected chi connectivity index (χ3v) is 5.70. The molecule has 1 aliphatic rings. The molecule has 2 unspecified atom stereocenters. The highest BCUT2D eigenvalue weighted by molar-refractivity contribution is 5.99. The van der Waals surface area contributed by atoms with Crippen LogP contribution < -0.4 is 16.2 Å². The maximum atomic E-state index is 13.1. The van der Waals surface area contributed by atoms with E-state index in [0.29, 0.717) is 35.6 Å². The van der Waals surface area contributed by atoms with Crippen LogP contribution in [0, 0.1) is 12.3 Å². The molecule has 0 bridgehead atoms. The van der Waals surface area contributed by atoms with Gasteiger partial charge in [-0.1, -0.05) is 12.0 Å². The molecule has 0 saturated carbocycles. The minimum absolute atomic E-state index is 0.147. The van der Waals surface area contributed by atoms with Crippen molar-refractivity contribution in [2.45, 2.75) is 18.6 Å². The van der Waals surface area contributed by atoms with Gasteiger partial charge in [0.15, 0.2) is 0 Å². The summed E-state index contributed by atoms with van der Waals surface area (Å²) >= 11 is 0. The summed E-state index contributed by atoms with van der Waals surface area (Å²) in [7, 11) is 1.56. The number of rotatable bonds is 5. The number of hydrogen-bond donors (Lipinski definition) is 2. The predicted octanol–water partition coefficient (Wildman–Crippen LogP) is 3.08. The number of aromatic nitrogens is 1. The number of likely N-dealkylation sites (tertiary alicyclic amines) is 1. The zero-order chi connectivity index (χ0) is 24.1. The molecule has 2 aromatic carbocycles. The van der Waals surface area contributed by atoms with E-state index < -0.39 is 12.1 Å². The van der Waals surface area contributed by atoms with E-state index in [2.05, 4.69) is 16.6 Å². The normalized spacial score (nSPS) is 17.1. The van der Waals surface area contributed by atoms with Crippen molar-refractivity contribution in [3.63, 3.8) is 0 Å². The molecular formula is C26H24N4O4. The van der Waals surface area contributed by atoms with E-state index in [1.807, 2.05) is 0 Å². The second-order valence-electron chi connectivity index (χ2n) is 7.86.